The van der Waals surface area contributed by atoms with E-state index in [0.29, 0.717) is 12.0 Å². The molecule has 1 amide bonds. The molecule has 24 heavy (non-hydrogen) atoms. The minimum atomic E-state index is -3.56. The first-order chi connectivity index (χ1) is 11.3. The van der Waals surface area contributed by atoms with Gasteiger partial charge in [0.2, 0.25) is 10.0 Å². The summed E-state index contributed by atoms with van der Waals surface area (Å²) in [6.07, 6.45) is 0.705. The van der Waals surface area contributed by atoms with Gasteiger partial charge in [-0.2, -0.15) is 0 Å². The summed E-state index contributed by atoms with van der Waals surface area (Å²) in [6, 6.07) is 13.2. The smallest absolute Gasteiger partial charge is 0.255 e. The van der Waals surface area contributed by atoms with Crippen LogP contribution in [0, 0.1) is 6.92 Å². The first-order valence-electron chi connectivity index (χ1n) is 7.83. The molecule has 2 rings (SSSR count). The van der Waals surface area contributed by atoms with Crippen LogP contribution in [-0.4, -0.2) is 20.4 Å². The molecule has 0 radical (unpaired) electrons. The molecule has 0 saturated carbocycles. The number of benzene rings is 2. The van der Waals surface area contributed by atoms with Crippen LogP contribution in [0.1, 0.15) is 36.2 Å². The molecular weight excluding hydrogens is 324 g/mol. The molecule has 0 heterocycles. The summed E-state index contributed by atoms with van der Waals surface area (Å²) in [7, 11) is -3.56. The van der Waals surface area contributed by atoms with Crippen LogP contribution in [0.2, 0.25) is 0 Å². The topological polar surface area (TPSA) is 75.3 Å². The molecule has 6 heteroatoms. The van der Waals surface area contributed by atoms with E-state index in [1.807, 2.05) is 45.0 Å². The van der Waals surface area contributed by atoms with Crippen molar-refractivity contribution >= 4 is 21.6 Å². The van der Waals surface area contributed by atoms with Gasteiger partial charge in [0.15, 0.2) is 0 Å². The lowest BCUT2D eigenvalue weighted by Gasteiger charge is -2.12. The fourth-order valence-corrected chi connectivity index (χ4v) is 3.44. The minimum absolute atomic E-state index is 0.140. The van der Waals surface area contributed by atoms with E-state index < -0.39 is 10.0 Å². The highest BCUT2D eigenvalue weighted by Crippen LogP contribution is 2.16. The van der Waals surface area contributed by atoms with E-state index in [0.717, 1.165) is 11.3 Å². The molecule has 2 aromatic carbocycles. The van der Waals surface area contributed by atoms with E-state index in [1.54, 1.807) is 0 Å². The van der Waals surface area contributed by atoms with Crippen LogP contribution in [0.3, 0.4) is 0 Å². The van der Waals surface area contributed by atoms with Crippen LogP contribution in [-0.2, 0) is 10.0 Å². The number of aryl methyl sites for hydroxylation is 1. The van der Waals surface area contributed by atoms with Crippen molar-refractivity contribution < 1.29 is 13.2 Å². The molecule has 0 aliphatic rings. The largest absolute Gasteiger partial charge is 0.322 e. The number of carbonyl (C=O) groups is 1. The number of carbonyl (C=O) groups excluding carboxylic acids is 1. The molecule has 5 nitrogen and oxygen atoms in total. The second-order valence-corrected chi connectivity index (χ2v) is 7.44. The molecule has 0 saturated heterocycles. The summed E-state index contributed by atoms with van der Waals surface area (Å²) in [5, 5.41) is 2.82. The summed E-state index contributed by atoms with van der Waals surface area (Å²) < 4.78 is 27.0. The van der Waals surface area contributed by atoms with Crippen molar-refractivity contribution in [2.75, 3.05) is 5.32 Å². The summed E-state index contributed by atoms with van der Waals surface area (Å²) in [5.41, 5.74) is 2.10. The van der Waals surface area contributed by atoms with Crippen molar-refractivity contribution in [3.63, 3.8) is 0 Å². The second-order valence-electron chi connectivity index (χ2n) is 5.72. The molecular formula is C18H22N2O3S. The molecule has 0 spiro atoms. The molecule has 0 fully saturated rings. The third-order valence-corrected chi connectivity index (χ3v) is 5.39. The summed E-state index contributed by atoms with van der Waals surface area (Å²) in [4.78, 5) is 12.4. The van der Waals surface area contributed by atoms with Gasteiger partial charge in [-0.3, -0.25) is 4.79 Å². The van der Waals surface area contributed by atoms with Crippen molar-refractivity contribution in [1.82, 2.24) is 4.72 Å². The van der Waals surface area contributed by atoms with Crippen molar-refractivity contribution in [1.29, 1.82) is 0 Å². The Hall–Kier alpha value is -2.18. The monoisotopic (exact) mass is 346 g/mol. The Morgan fingerprint density at radius 1 is 1.08 bits per heavy atom. The SMILES string of the molecule is CCC(C)NS(=O)(=O)c1ccc(C(=O)Nc2ccccc2C)cc1. The van der Waals surface area contributed by atoms with Crippen LogP contribution in [0.15, 0.2) is 53.4 Å². The Bertz CT molecular complexity index is 814. The van der Waals surface area contributed by atoms with E-state index in [4.69, 9.17) is 0 Å². The first kappa shape index (κ1) is 18.2. The zero-order chi connectivity index (χ0) is 17.7. The van der Waals surface area contributed by atoms with Gasteiger partial charge in [-0.15, -0.1) is 0 Å². The van der Waals surface area contributed by atoms with Crippen molar-refractivity contribution in [3.8, 4) is 0 Å². The van der Waals surface area contributed by atoms with E-state index in [-0.39, 0.29) is 16.8 Å². The Labute approximate surface area is 143 Å². The standard InChI is InChI=1S/C18H22N2O3S/c1-4-14(3)20-24(22,23)16-11-9-15(10-12-16)18(21)19-17-8-6-5-7-13(17)2/h5-12,14,20H,4H2,1-3H3,(H,19,21). The average Bonchev–Trinajstić information content (AvgIpc) is 2.56. The lowest BCUT2D eigenvalue weighted by Crippen LogP contribution is -2.32. The van der Waals surface area contributed by atoms with Crippen molar-refractivity contribution in [3.05, 3.63) is 59.7 Å². The molecule has 0 aliphatic heterocycles. The van der Waals surface area contributed by atoms with Gasteiger partial charge in [0.05, 0.1) is 4.90 Å². The second kappa shape index (κ2) is 7.59. The Morgan fingerprint density at radius 2 is 1.71 bits per heavy atom. The third-order valence-electron chi connectivity index (χ3n) is 3.79. The molecule has 0 bridgehead atoms. The number of para-hydroxylation sites is 1. The Balaban J connectivity index is 2.14. The van der Waals surface area contributed by atoms with Crippen LogP contribution < -0.4 is 10.0 Å². The van der Waals surface area contributed by atoms with Crippen LogP contribution in [0.4, 0.5) is 5.69 Å². The number of rotatable bonds is 6. The van der Waals surface area contributed by atoms with E-state index >= 15 is 0 Å². The number of anilines is 1. The Kier molecular flexibility index (Phi) is 5.75. The molecule has 1 unspecified atom stereocenters. The highest BCUT2D eigenvalue weighted by Gasteiger charge is 2.17. The maximum Gasteiger partial charge on any atom is 0.255 e. The molecule has 0 aromatic heterocycles. The van der Waals surface area contributed by atoms with E-state index in [9.17, 15) is 13.2 Å². The van der Waals surface area contributed by atoms with Gasteiger partial charge in [-0.05, 0) is 56.2 Å². The summed E-state index contributed by atoms with van der Waals surface area (Å²) in [5.74, 6) is -0.275. The van der Waals surface area contributed by atoms with Crippen LogP contribution in [0.5, 0.6) is 0 Å². The van der Waals surface area contributed by atoms with Crippen LogP contribution in [0.25, 0.3) is 0 Å². The number of nitrogens with one attached hydrogen (secondary N) is 2. The number of hydrogen-bond donors (Lipinski definition) is 2. The highest BCUT2D eigenvalue weighted by molar-refractivity contribution is 7.89. The average molecular weight is 346 g/mol. The van der Waals surface area contributed by atoms with Gasteiger partial charge in [-0.1, -0.05) is 25.1 Å². The fraction of sp³-hybridized carbons (Fsp3) is 0.278. The third kappa shape index (κ3) is 4.43. The molecule has 0 aliphatic carbocycles. The summed E-state index contributed by atoms with van der Waals surface area (Å²) in [6.45, 7) is 5.62. The predicted octanol–water partition coefficient (Wildman–Crippen LogP) is 3.32. The van der Waals surface area contributed by atoms with E-state index in [1.165, 1.54) is 24.3 Å². The maximum absolute atomic E-state index is 12.3. The van der Waals surface area contributed by atoms with Crippen molar-refractivity contribution in [2.24, 2.45) is 0 Å². The van der Waals surface area contributed by atoms with Gasteiger partial charge in [0.1, 0.15) is 0 Å². The number of amides is 1. The van der Waals surface area contributed by atoms with Gasteiger partial charge in [-0.25, -0.2) is 13.1 Å². The molecule has 128 valence electrons. The molecule has 1 atom stereocenters. The van der Waals surface area contributed by atoms with Gasteiger partial charge < -0.3 is 5.32 Å². The summed E-state index contributed by atoms with van der Waals surface area (Å²) >= 11 is 0. The first-order valence-corrected chi connectivity index (χ1v) is 9.31. The number of sulfonamides is 1. The van der Waals surface area contributed by atoms with Crippen LogP contribution >= 0.6 is 0 Å². The van der Waals surface area contributed by atoms with Crippen molar-refractivity contribution in [2.45, 2.75) is 38.1 Å². The zero-order valence-electron chi connectivity index (χ0n) is 14.0. The highest BCUT2D eigenvalue weighted by atomic mass is 32.2. The Morgan fingerprint density at radius 3 is 2.29 bits per heavy atom. The lowest BCUT2D eigenvalue weighted by molar-refractivity contribution is 0.102. The quantitative estimate of drug-likeness (QED) is 0.842. The van der Waals surface area contributed by atoms with E-state index in [2.05, 4.69) is 10.0 Å². The number of hydrogen-bond acceptors (Lipinski definition) is 3. The lowest BCUT2D eigenvalue weighted by atomic mass is 10.1. The van der Waals surface area contributed by atoms with Gasteiger partial charge >= 0.3 is 0 Å². The minimum Gasteiger partial charge on any atom is -0.322 e. The molecule has 2 N–H and O–H groups in total. The zero-order valence-corrected chi connectivity index (χ0v) is 14.9. The predicted molar refractivity (Wildman–Crippen MR) is 95.6 cm³/mol. The maximum atomic E-state index is 12.3. The van der Waals surface area contributed by atoms with Gasteiger partial charge in [0, 0.05) is 17.3 Å². The normalized spacial score (nSPS) is 12.6. The fourth-order valence-electron chi connectivity index (χ4n) is 2.11. The van der Waals surface area contributed by atoms with Gasteiger partial charge in [0.25, 0.3) is 5.91 Å². The molecule has 2 aromatic rings.